The normalized spacial score (nSPS) is 32.2. The molecule has 0 aromatic carbocycles. The molecule has 3 unspecified atom stereocenters. The molecule has 8 heteroatoms. The van der Waals surface area contributed by atoms with Gasteiger partial charge in [0.05, 0.1) is 16.6 Å². The van der Waals surface area contributed by atoms with Gasteiger partial charge in [-0.25, -0.2) is 0 Å². The number of amides is 2. The highest BCUT2D eigenvalue weighted by Gasteiger charge is 2.76. The Balaban J connectivity index is 2.01. The third-order valence-corrected chi connectivity index (χ3v) is 9.46. The van der Waals surface area contributed by atoms with E-state index in [-0.39, 0.29) is 48.2 Å². The summed E-state index contributed by atoms with van der Waals surface area (Å²) in [5.41, 5.74) is 0. The van der Waals surface area contributed by atoms with Crippen molar-refractivity contribution in [1.82, 2.24) is 9.80 Å². The molecule has 0 aromatic rings. The first-order valence-electron chi connectivity index (χ1n) is 12.0. The topological polar surface area (TPSA) is 87.1 Å². The van der Waals surface area contributed by atoms with E-state index in [1.807, 2.05) is 13.8 Å². The molecule has 2 amide bonds. The molecule has 3 fully saturated rings. The predicted octanol–water partition coefficient (Wildman–Crippen LogP) is 2.64. The minimum absolute atomic E-state index is 0.0231. The van der Waals surface area contributed by atoms with E-state index in [9.17, 15) is 14.4 Å². The van der Waals surface area contributed by atoms with Gasteiger partial charge in [0.1, 0.15) is 12.6 Å². The zero-order valence-corrected chi connectivity index (χ0v) is 20.9. The second-order valence-electron chi connectivity index (χ2n) is 9.66. The fourth-order valence-corrected chi connectivity index (χ4v) is 8.37. The molecule has 3 heterocycles. The molecule has 3 saturated heterocycles. The van der Waals surface area contributed by atoms with E-state index >= 15 is 0 Å². The van der Waals surface area contributed by atoms with Gasteiger partial charge in [0.25, 0.3) is 0 Å². The molecular weight excluding hydrogens is 440 g/mol. The van der Waals surface area contributed by atoms with Crippen LogP contribution in [0.15, 0.2) is 25.3 Å². The lowest BCUT2D eigenvalue weighted by molar-refractivity contribution is -0.153. The van der Waals surface area contributed by atoms with Gasteiger partial charge in [-0.05, 0) is 45.4 Å². The van der Waals surface area contributed by atoms with Crippen LogP contribution in [-0.2, 0) is 19.1 Å². The Morgan fingerprint density at radius 1 is 1.30 bits per heavy atom. The number of esters is 1. The zero-order chi connectivity index (χ0) is 24.3. The molecule has 6 atom stereocenters. The fraction of sp³-hybridized carbons (Fsp3) is 0.720. The summed E-state index contributed by atoms with van der Waals surface area (Å²) in [5, 5.41) is 9.13. The molecule has 3 aliphatic heterocycles. The maximum atomic E-state index is 14.0. The smallest absolute Gasteiger partial charge is 0.311 e. The van der Waals surface area contributed by atoms with E-state index in [2.05, 4.69) is 20.1 Å². The van der Waals surface area contributed by atoms with Crippen molar-refractivity contribution < 1.29 is 24.2 Å². The number of hydrogen-bond donors (Lipinski definition) is 1. The van der Waals surface area contributed by atoms with Crippen molar-refractivity contribution in [2.45, 2.75) is 68.5 Å². The van der Waals surface area contributed by atoms with E-state index in [0.717, 1.165) is 12.8 Å². The third-order valence-electron chi connectivity index (χ3n) is 7.38. The minimum Gasteiger partial charge on any atom is -0.461 e. The van der Waals surface area contributed by atoms with Crippen molar-refractivity contribution in [2.75, 3.05) is 26.3 Å². The molecule has 1 spiro atoms. The van der Waals surface area contributed by atoms with Gasteiger partial charge in [0.15, 0.2) is 0 Å². The van der Waals surface area contributed by atoms with Crippen LogP contribution in [0.4, 0.5) is 0 Å². The Hall–Kier alpha value is -1.80. The lowest BCUT2D eigenvalue weighted by Crippen LogP contribution is -2.58. The van der Waals surface area contributed by atoms with Crippen LogP contribution < -0.4 is 0 Å². The first kappa shape index (κ1) is 25.8. The summed E-state index contributed by atoms with van der Waals surface area (Å²) in [6.45, 7) is 14.6. The standard InChI is InChI=1S/C25H38N2O5S/c1-6-11-26(16(3)4)23(30)21-25-17(5)15-18(33-25)19(24(31)32-14-7-2)20(25)22(29)27(21)12-9-8-10-13-28/h6-7,16-21,28H,1-2,8-15H2,3-5H3/t17?,18-,19+,20+,21?,25?/m1/s1. The van der Waals surface area contributed by atoms with Crippen molar-refractivity contribution in [1.29, 1.82) is 0 Å². The van der Waals surface area contributed by atoms with Crippen LogP contribution in [0.1, 0.15) is 46.5 Å². The number of fused-ring (bicyclic) bond motifs is 1. The van der Waals surface area contributed by atoms with Crippen LogP contribution in [0.5, 0.6) is 0 Å². The Morgan fingerprint density at radius 3 is 2.64 bits per heavy atom. The number of carbonyl (C=O) groups excluding carboxylic acids is 3. The first-order valence-corrected chi connectivity index (χ1v) is 12.9. The second-order valence-corrected chi connectivity index (χ2v) is 11.2. The lowest BCUT2D eigenvalue weighted by Gasteiger charge is -2.41. The fourth-order valence-electron chi connectivity index (χ4n) is 5.97. The molecule has 0 aliphatic carbocycles. The number of ether oxygens (including phenoxy) is 1. The minimum atomic E-state index is -0.637. The van der Waals surface area contributed by atoms with Gasteiger partial charge in [-0.3, -0.25) is 14.4 Å². The molecule has 7 nitrogen and oxygen atoms in total. The molecule has 0 saturated carbocycles. The van der Waals surface area contributed by atoms with Gasteiger partial charge in [-0.15, -0.1) is 18.3 Å². The summed E-state index contributed by atoms with van der Waals surface area (Å²) < 4.78 is 4.77. The molecule has 1 N–H and O–H groups in total. The van der Waals surface area contributed by atoms with E-state index in [1.165, 1.54) is 6.08 Å². The number of unbranched alkanes of at least 4 members (excludes halogenated alkanes) is 2. The van der Waals surface area contributed by atoms with E-state index < -0.39 is 22.6 Å². The van der Waals surface area contributed by atoms with Crippen LogP contribution in [0.25, 0.3) is 0 Å². The molecular formula is C25H38N2O5S. The van der Waals surface area contributed by atoms with Crippen LogP contribution >= 0.6 is 11.8 Å². The van der Waals surface area contributed by atoms with Crippen LogP contribution in [0.3, 0.4) is 0 Å². The Kier molecular flexibility index (Phi) is 8.32. The molecule has 2 bridgehead atoms. The van der Waals surface area contributed by atoms with Crippen LogP contribution in [0.2, 0.25) is 0 Å². The van der Waals surface area contributed by atoms with Crippen molar-refractivity contribution in [2.24, 2.45) is 17.8 Å². The van der Waals surface area contributed by atoms with Gasteiger partial charge in [0, 0.05) is 31.0 Å². The van der Waals surface area contributed by atoms with Gasteiger partial charge in [-0.1, -0.05) is 25.7 Å². The first-order chi connectivity index (χ1) is 15.8. The average Bonchev–Trinajstić information content (AvgIpc) is 3.36. The van der Waals surface area contributed by atoms with E-state index in [1.54, 1.807) is 27.6 Å². The highest BCUT2D eigenvalue weighted by atomic mass is 32.2. The number of aliphatic hydroxyl groups excluding tert-OH is 1. The molecule has 33 heavy (non-hydrogen) atoms. The van der Waals surface area contributed by atoms with Gasteiger partial charge >= 0.3 is 5.97 Å². The van der Waals surface area contributed by atoms with E-state index in [0.29, 0.717) is 25.9 Å². The molecule has 0 radical (unpaired) electrons. The van der Waals surface area contributed by atoms with Crippen LogP contribution in [0, 0.1) is 17.8 Å². The molecule has 184 valence electrons. The summed E-state index contributed by atoms with van der Waals surface area (Å²) in [6.07, 6.45) is 6.17. The summed E-state index contributed by atoms with van der Waals surface area (Å²) in [7, 11) is 0. The number of likely N-dealkylation sites (tertiary alicyclic amines) is 1. The number of nitrogens with zero attached hydrogens (tertiary/aromatic N) is 2. The third kappa shape index (κ3) is 4.36. The second kappa shape index (κ2) is 10.6. The molecule has 3 aliphatic rings. The Bertz CT molecular complexity index is 787. The van der Waals surface area contributed by atoms with Crippen molar-refractivity contribution in [3.8, 4) is 0 Å². The van der Waals surface area contributed by atoms with Gasteiger partial charge < -0.3 is 19.6 Å². The maximum Gasteiger partial charge on any atom is 0.311 e. The highest BCUT2D eigenvalue weighted by Crippen LogP contribution is 2.68. The molecule has 0 aromatic heterocycles. The summed E-state index contributed by atoms with van der Waals surface area (Å²) >= 11 is 1.66. The van der Waals surface area contributed by atoms with Gasteiger partial charge in [0.2, 0.25) is 11.8 Å². The molecule has 3 rings (SSSR count). The number of thioether (sulfide) groups is 1. The number of carbonyl (C=O) groups is 3. The Labute approximate surface area is 201 Å². The highest BCUT2D eigenvalue weighted by molar-refractivity contribution is 8.02. The number of hydrogen-bond acceptors (Lipinski definition) is 6. The predicted molar refractivity (Wildman–Crippen MR) is 130 cm³/mol. The summed E-state index contributed by atoms with van der Waals surface area (Å²) in [6, 6.07) is -0.654. The Morgan fingerprint density at radius 2 is 2.03 bits per heavy atom. The van der Waals surface area contributed by atoms with Crippen molar-refractivity contribution >= 4 is 29.5 Å². The van der Waals surface area contributed by atoms with Crippen molar-refractivity contribution in [3.05, 3.63) is 25.3 Å². The van der Waals surface area contributed by atoms with E-state index in [4.69, 9.17) is 9.84 Å². The zero-order valence-electron chi connectivity index (χ0n) is 20.1. The van der Waals surface area contributed by atoms with Crippen LogP contribution in [-0.4, -0.2) is 81.1 Å². The van der Waals surface area contributed by atoms with Crippen molar-refractivity contribution in [3.63, 3.8) is 0 Å². The lowest BCUT2D eigenvalue weighted by atomic mass is 9.66. The SMILES string of the molecule is C=CCOC(=O)[C@@H]1[C@H]2C(=O)N(CCCCCO)C(C(=O)N(CC=C)C(C)C)C23S[C@@H]1CC3C. The summed E-state index contributed by atoms with van der Waals surface area (Å²) in [4.78, 5) is 44.5. The average molecular weight is 479 g/mol. The quantitative estimate of drug-likeness (QED) is 0.264. The maximum absolute atomic E-state index is 14.0. The van der Waals surface area contributed by atoms with Gasteiger partial charge in [-0.2, -0.15) is 0 Å². The number of rotatable bonds is 12. The summed E-state index contributed by atoms with van der Waals surface area (Å²) in [5.74, 6) is -1.51. The monoisotopic (exact) mass is 478 g/mol. The number of aliphatic hydroxyl groups is 1. The largest absolute Gasteiger partial charge is 0.461 e.